The first-order chi connectivity index (χ1) is 21.6. The third-order valence-corrected chi connectivity index (χ3v) is 9.71. The zero-order valence-electron chi connectivity index (χ0n) is 25.2. The number of fused-ring (bicyclic) bond motifs is 3. The summed E-state index contributed by atoms with van der Waals surface area (Å²) in [4.78, 5) is 5.23. The molecule has 6 aromatic rings. The number of rotatable bonds is 7. The molecule has 1 aliphatic carbocycles. The Morgan fingerprint density at radius 2 is 1.50 bits per heavy atom. The normalized spacial score (nSPS) is 14.6. The molecule has 2 heteroatoms. The molecule has 214 valence electrons. The summed E-state index contributed by atoms with van der Waals surface area (Å²) < 4.78 is 2.61. The Labute approximate surface area is 264 Å². The summed E-state index contributed by atoms with van der Waals surface area (Å²) in [5.74, 6) is 0.227. The summed E-state index contributed by atoms with van der Waals surface area (Å²) in [6.45, 7) is 4.36. The number of aliphatic imine (C=N–C) groups is 1. The number of hydrogen-bond donors (Lipinski definition) is 0. The van der Waals surface area contributed by atoms with E-state index in [1.165, 1.54) is 48.0 Å². The van der Waals surface area contributed by atoms with Gasteiger partial charge in [0.25, 0.3) is 0 Å². The number of hydrogen-bond acceptors (Lipinski definition) is 2. The highest BCUT2D eigenvalue weighted by Gasteiger charge is 2.14. The van der Waals surface area contributed by atoms with Crippen LogP contribution in [0.2, 0.25) is 0 Å². The van der Waals surface area contributed by atoms with Crippen LogP contribution in [0.3, 0.4) is 0 Å². The van der Waals surface area contributed by atoms with Crippen LogP contribution in [0.25, 0.3) is 42.6 Å². The fourth-order valence-electron chi connectivity index (χ4n) is 6.09. The Balaban J connectivity index is 1.33. The topological polar surface area (TPSA) is 12.4 Å². The van der Waals surface area contributed by atoms with Crippen molar-refractivity contribution in [2.45, 2.75) is 32.6 Å². The molecule has 0 bridgehead atoms. The second-order valence-electron chi connectivity index (χ2n) is 11.5. The van der Waals surface area contributed by atoms with Crippen molar-refractivity contribution >= 4 is 48.5 Å². The molecule has 7 rings (SSSR count). The number of benzene rings is 5. The van der Waals surface area contributed by atoms with E-state index in [9.17, 15) is 0 Å². The van der Waals surface area contributed by atoms with Gasteiger partial charge in [0.2, 0.25) is 0 Å². The van der Waals surface area contributed by atoms with Crippen molar-refractivity contribution in [3.8, 4) is 11.1 Å². The van der Waals surface area contributed by atoms with Crippen LogP contribution in [0.15, 0.2) is 151 Å². The predicted octanol–water partition coefficient (Wildman–Crippen LogP) is 12.1. The molecule has 5 aromatic carbocycles. The van der Waals surface area contributed by atoms with Gasteiger partial charge in [0.05, 0.1) is 5.70 Å². The predicted molar refractivity (Wildman–Crippen MR) is 193 cm³/mol. The van der Waals surface area contributed by atoms with Gasteiger partial charge in [-0.15, -0.1) is 11.3 Å². The molecule has 0 radical (unpaired) electrons. The summed E-state index contributed by atoms with van der Waals surface area (Å²) in [5, 5.41) is 2.60. The molecular weight excluding hydrogens is 551 g/mol. The van der Waals surface area contributed by atoms with Gasteiger partial charge in [-0.1, -0.05) is 140 Å². The van der Waals surface area contributed by atoms with Crippen molar-refractivity contribution in [3.63, 3.8) is 0 Å². The Morgan fingerprint density at radius 3 is 2.30 bits per heavy atom. The minimum atomic E-state index is 0.227. The fraction of sp³-hybridized carbons (Fsp3) is 0.119. The molecule has 0 saturated carbocycles. The van der Waals surface area contributed by atoms with Crippen molar-refractivity contribution < 1.29 is 0 Å². The Morgan fingerprint density at radius 1 is 0.727 bits per heavy atom. The molecule has 1 unspecified atom stereocenters. The maximum absolute atomic E-state index is 5.23. The largest absolute Gasteiger partial charge is 0.253 e. The average molecular weight is 586 g/mol. The Bertz CT molecular complexity index is 2070. The van der Waals surface area contributed by atoms with Crippen molar-refractivity contribution in [1.82, 2.24) is 0 Å². The van der Waals surface area contributed by atoms with Gasteiger partial charge in [-0.25, -0.2) is 0 Å². The molecule has 0 N–H and O–H groups in total. The molecule has 1 nitrogen and oxygen atoms in total. The summed E-state index contributed by atoms with van der Waals surface area (Å²) in [6.07, 6.45) is 11.4. The Kier molecular flexibility index (Phi) is 7.92. The SMILES string of the molecule is CC(=N/C(=C\C(C)c1ccccc1)c1ccc2c(c1)sc1c(-c3cccc(C4=CCCC=C4)c3)cccc12)c1ccccc1. The van der Waals surface area contributed by atoms with Crippen LogP contribution in [0.1, 0.15) is 54.9 Å². The first-order valence-corrected chi connectivity index (χ1v) is 16.3. The number of nitrogens with zero attached hydrogens (tertiary/aromatic N) is 1. The quantitative estimate of drug-likeness (QED) is 0.165. The minimum absolute atomic E-state index is 0.227. The molecule has 1 aromatic heterocycles. The molecule has 1 heterocycles. The lowest BCUT2D eigenvalue weighted by molar-refractivity contribution is 0.967. The molecule has 0 spiro atoms. The standard InChI is InChI=1S/C42H35NS/c1-29(31-14-6-3-7-15-31)26-40(43-30(2)32-16-8-4-9-17-32)36-24-25-38-39-23-13-22-37(42(39)44-41(38)28-36)35-21-12-20-34(27-35)33-18-10-5-11-19-33/h3-4,6-10,12-29H,5,11H2,1-2H3/b40-26-,43-30?. The van der Waals surface area contributed by atoms with Crippen molar-refractivity contribution in [3.05, 3.63) is 168 Å². The third-order valence-electron chi connectivity index (χ3n) is 8.51. The van der Waals surface area contributed by atoms with E-state index in [0.717, 1.165) is 35.4 Å². The van der Waals surface area contributed by atoms with E-state index in [1.807, 2.05) is 11.3 Å². The maximum atomic E-state index is 5.23. The number of allylic oxidation sites excluding steroid dienone is 5. The fourth-order valence-corrected chi connectivity index (χ4v) is 7.37. The van der Waals surface area contributed by atoms with E-state index < -0.39 is 0 Å². The van der Waals surface area contributed by atoms with Gasteiger partial charge in [0.1, 0.15) is 0 Å². The van der Waals surface area contributed by atoms with Crippen LogP contribution in [-0.2, 0) is 0 Å². The lowest BCUT2D eigenvalue weighted by Crippen LogP contribution is -1.97. The molecule has 1 atom stereocenters. The first-order valence-electron chi connectivity index (χ1n) is 15.4. The first kappa shape index (κ1) is 28.0. The Hall–Kier alpha value is -4.79. The van der Waals surface area contributed by atoms with Gasteiger partial charge in [-0.2, -0.15) is 0 Å². The number of thiophene rings is 1. The lowest BCUT2D eigenvalue weighted by Gasteiger charge is -2.11. The van der Waals surface area contributed by atoms with E-state index in [0.29, 0.717) is 0 Å². The van der Waals surface area contributed by atoms with Gasteiger partial charge in [0.15, 0.2) is 0 Å². The van der Waals surface area contributed by atoms with Gasteiger partial charge in [-0.3, -0.25) is 4.99 Å². The van der Waals surface area contributed by atoms with E-state index >= 15 is 0 Å². The van der Waals surface area contributed by atoms with E-state index in [1.54, 1.807) is 0 Å². The average Bonchev–Trinajstić information content (AvgIpc) is 3.47. The molecule has 44 heavy (non-hydrogen) atoms. The van der Waals surface area contributed by atoms with Crippen LogP contribution in [0.5, 0.6) is 0 Å². The molecule has 0 aliphatic heterocycles. The highest BCUT2D eigenvalue weighted by atomic mass is 32.1. The lowest BCUT2D eigenvalue weighted by atomic mass is 9.95. The summed E-state index contributed by atoms with van der Waals surface area (Å²) >= 11 is 1.88. The second-order valence-corrected chi connectivity index (χ2v) is 12.6. The van der Waals surface area contributed by atoms with Gasteiger partial charge in [-0.05, 0) is 65.3 Å². The smallest absolute Gasteiger partial charge is 0.0672 e. The van der Waals surface area contributed by atoms with Crippen LogP contribution in [0, 0.1) is 0 Å². The van der Waals surface area contributed by atoms with Crippen molar-refractivity contribution in [2.75, 3.05) is 0 Å². The van der Waals surface area contributed by atoms with Gasteiger partial charge < -0.3 is 0 Å². The molecule has 0 fully saturated rings. The molecule has 0 amide bonds. The van der Waals surface area contributed by atoms with Crippen molar-refractivity contribution in [2.24, 2.45) is 4.99 Å². The zero-order valence-corrected chi connectivity index (χ0v) is 26.0. The monoisotopic (exact) mass is 585 g/mol. The maximum Gasteiger partial charge on any atom is 0.0672 e. The highest BCUT2D eigenvalue weighted by molar-refractivity contribution is 7.26. The summed E-state index contributed by atoms with van der Waals surface area (Å²) in [7, 11) is 0. The van der Waals surface area contributed by atoms with Crippen LogP contribution in [0.4, 0.5) is 0 Å². The second kappa shape index (κ2) is 12.4. The van der Waals surface area contributed by atoms with E-state index in [-0.39, 0.29) is 5.92 Å². The van der Waals surface area contributed by atoms with Crippen LogP contribution < -0.4 is 0 Å². The molecule has 0 saturated heterocycles. The van der Waals surface area contributed by atoms with E-state index in [4.69, 9.17) is 4.99 Å². The van der Waals surface area contributed by atoms with Gasteiger partial charge in [0, 0.05) is 37.4 Å². The van der Waals surface area contributed by atoms with Crippen LogP contribution >= 0.6 is 11.3 Å². The highest BCUT2D eigenvalue weighted by Crippen LogP contribution is 2.41. The molecule has 1 aliphatic rings. The third kappa shape index (κ3) is 5.74. The van der Waals surface area contributed by atoms with E-state index in [2.05, 4.69) is 159 Å². The molecular formula is C42H35NS. The summed E-state index contributed by atoms with van der Waals surface area (Å²) in [6, 6.07) is 43.7. The summed E-state index contributed by atoms with van der Waals surface area (Å²) in [5.41, 5.74) is 10.7. The zero-order chi connectivity index (χ0) is 29.9. The van der Waals surface area contributed by atoms with Crippen molar-refractivity contribution in [1.29, 1.82) is 0 Å². The van der Waals surface area contributed by atoms with Gasteiger partial charge >= 0.3 is 0 Å². The van der Waals surface area contributed by atoms with Crippen LogP contribution in [-0.4, -0.2) is 5.71 Å². The minimum Gasteiger partial charge on any atom is -0.253 e.